The van der Waals surface area contributed by atoms with Gasteiger partial charge in [-0.1, -0.05) is 18.2 Å². The SMILES string of the molecule is COc1ccc(CCNC(=O)c2ccccc2N)c(OC)c1OC.Cl. The summed E-state index contributed by atoms with van der Waals surface area (Å²) >= 11 is 0. The molecule has 2 aromatic rings. The van der Waals surface area contributed by atoms with E-state index in [2.05, 4.69) is 5.32 Å². The molecule has 0 aromatic heterocycles. The molecule has 0 aliphatic carbocycles. The number of nitrogen functional groups attached to an aromatic ring is 1. The van der Waals surface area contributed by atoms with Gasteiger partial charge in [0.2, 0.25) is 5.75 Å². The molecule has 1 amide bonds. The minimum atomic E-state index is -0.201. The summed E-state index contributed by atoms with van der Waals surface area (Å²) < 4.78 is 16.0. The fourth-order valence-electron chi connectivity index (χ4n) is 2.47. The molecule has 0 atom stereocenters. The minimum absolute atomic E-state index is 0. The molecule has 0 radical (unpaired) electrons. The van der Waals surface area contributed by atoms with E-state index >= 15 is 0 Å². The van der Waals surface area contributed by atoms with Crippen molar-refractivity contribution < 1.29 is 19.0 Å². The van der Waals surface area contributed by atoms with Gasteiger partial charge in [0.15, 0.2) is 11.5 Å². The predicted molar refractivity (Wildman–Crippen MR) is 100 cm³/mol. The van der Waals surface area contributed by atoms with Gasteiger partial charge in [-0.15, -0.1) is 12.4 Å². The van der Waals surface area contributed by atoms with Crippen molar-refractivity contribution in [3.8, 4) is 17.2 Å². The van der Waals surface area contributed by atoms with Crippen LogP contribution in [0.2, 0.25) is 0 Å². The average molecular weight is 367 g/mol. The highest BCUT2D eigenvalue weighted by atomic mass is 35.5. The first-order valence-electron chi connectivity index (χ1n) is 7.53. The lowest BCUT2D eigenvalue weighted by molar-refractivity contribution is 0.0955. The number of amides is 1. The average Bonchev–Trinajstić information content (AvgIpc) is 2.61. The van der Waals surface area contributed by atoms with Gasteiger partial charge >= 0.3 is 0 Å². The van der Waals surface area contributed by atoms with Gasteiger partial charge in [-0.3, -0.25) is 4.79 Å². The Bertz CT molecular complexity index is 722. The Hall–Kier alpha value is -2.60. The van der Waals surface area contributed by atoms with E-state index in [1.165, 1.54) is 0 Å². The maximum atomic E-state index is 12.2. The van der Waals surface area contributed by atoms with E-state index < -0.39 is 0 Å². The summed E-state index contributed by atoms with van der Waals surface area (Å²) in [7, 11) is 4.70. The van der Waals surface area contributed by atoms with E-state index in [1.54, 1.807) is 45.6 Å². The third-order valence-corrected chi connectivity index (χ3v) is 3.67. The molecule has 0 saturated heterocycles. The molecular formula is C18H23ClN2O4. The Balaban J connectivity index is 0.00000312. The molecule has 136 valence electrons. The molecule has 0 fully saturated rings. The summed E-state index contributed by atoms with van der Waals surface area (Å²) in [5.74, 6) is 1.54. The number of carbonyl (C=O) groups is 1. The van der Waals surface area contributed by atoms with Crippen LogP contribution in [0.15, 0.2) is 36.4 Å². The number of halogens is 1. The zero-order valence-corrected chi connectivity index (χ0v) is 15.3. The first kappa shape index (κ1) is 20.4. The van der Waals surface area contributed by atoms with E-state index in [4.69, 9.17) is 19.9 Å². The number of para-hydroxylation sites is 1. The standard InChI is InChI=1S/C18H22N2O4.ClH/c1-22-15-9-8-12(16(23-2)17(15)24-3)10-11-20-18(21)13-6-4-5-7-14(13)19;/h4-9H,10-11,19H2,1-3H3,(H,20,21);1H. The topological polar surface area (TPSA) is 82.8 Å². The fraction of sp³-hybridized carbons (Fsp3) is 0.278. The quantitative estimate of drug-likeness (QED) is 0.736. The number of methoxy groups -OCH3 is 3. The van der Waals surface area contributed by atoms with Crippen molar-refractivity contribution in [1.29, 1.82) is 0 Å². The fourth-order valence-corrected chi connectivity index (χ4v) is 2.47. The summed E-state index contributed by atoms with van der Waals surface area (Å²) in [6, 6.07) is 10.7. The molecule has 0 aliphatic heterocycles. The lowest BCUT2D eigenvalue weighted by Crippen LogP contribution is -2.26. The van der Waals surface area contributed by atoms with Crippen molar-refractivity contribution in [3.63, 3.8) is 0 Å². The second-order valence-corrected chi connectivity index (χ2v) is 5.09. The van der Waals surface area contributed by atoms with E-state index in [-0.39, 0.29) is 18.3 Å². The van der Waals surface area contributed by atoms with Crippen LogP contribution in [0.4, 0.5) is 5.69 Å². The van der Waals surface area contributed by atoms with E-state index in [0.717, 1.165) is 5.56 Å². The van der Waals surface area contributed by atoms with Gasteiger partial charge in [-0.25, -0.2) is 0 Å². The molecule has 25 heavy (non-hydrogen) atoms. The van der Waals surface area contributed by atoms with Crippen LogP contribution in [0, 0.1) is 0 Å². The van der Waals surface area contributed by atoms with Gasteiger partial charge in [0.1, 0.15) is 0 Å². The van der Waals surface area contributed by atoms with Crippen LogP contribution in [-0.4, -0.2) is 33.8 Å². The molecule has 0 heterocycles. The van der Waals surface area contributed by atoms with Crippen LogP contribution in [-0.2, 0) is 6.42 Å². The molecule has 2 aromatic carbocycles. The number of rotatable bonds is 7. The van der Waals surface area contributed by atoms with Gasteiger partial charge in [0.05, 0.1) is 26.9 Å². The predicted octanol–water partition coefficient (Wildman–Crippen LogP) is 2.69. The number of carbonyl (C=O) groups excluding carboxylic acids is 1. The van der Waals surface area contributed by atoms with Crippen LogP contribution in [0.1, 0.15) is 15.9 Å². The molecule has 0 saturated carbocycles. The van der Waals surface area contributed by atoms with Gasteiger partial charge in [0, 0.05) is 17.8 Å². The number of hydrogen-bond acceptors (Lipinski definition) is 5. The third-order valence-electron chi connectivity index (χ3n) is 3.67. The maximum absolute atomic E-state index is 12.2. The van der Waals surface area contributed by atoms with Crippen molar-refractivity contribution in [3.05, 3.63) is 47.5 Å². The Labute approximate surface area is 153 Å². The minimum Gasteiger partial charge on any atom is -0.493 e. The van der Waals surface area contributed by atoms with E-state index in [1.807, 2.05) is 12.1 Å². The first-order valence-corrected chi connectivity index (χ1v) is 7.53. The zero-order valence-electron chi connectivity index (χ0n) is 14.5. The van der Waals surface area contributed by atoms with Crippen molar-refractivity contribution in [2.24, 2.45) is 0 Å². The van der Waals surface area contributed by atoms with Crippen molar-refractivity contribution in [1.82, 2.24) is 5.32 Å². The van der Waals surface area contributed by atoms with Crippen LogP contribution in [0.3, 0.4) is 0 Å². The lowest BCUT2D eigenvalue weighted by Gasteiger charge is -2.16. The highest BCUT2D eigenvalue weighted by Crippen LogP contribution is 2.39. The molecule has 0 bridgehead atoms. The molecule has 6 nitrogen and oxygen atoms in total. The van der Waals surface area contributed by atoms with Gasteiger partial charge in [0.25, 0.3) is 5.91 Å². The summed E-state index contributed by atoms with van der Waals surface area (Å²) in [5, 5.41) is 2.86. The molecule has 7 heteroatoms. The second-order valence-electron chi connectivity index (χ2n) is 5.09. The summed E-state index contributed by atoms with van der Waals surface area (Å²) in [4.78, 5) is 12.2. The second kappa shape index (κ2) is 9.64. The van der Waals surface area contributed by atoms with Crippen LogP contribution >= 0.6 is 12.4 Å². The number of nitrogens with two attached hydrogens (primary N) is 1. The molecular weight excluding hydrogens is 344 g/mol. The molecule has 2 rings (SSSR count). The smallest absolute Gasteiger partial charge is 0.253 e. The Morgan fingerprint density at radius 3 is 2.28 bits per heavy atom. The Kier molecular flexibility index (Phi) is 7.88. The lowest BCUT2D eigenvalue weighted by atomic mass is 10.1. The van der Waals surface area contributed by atoms with Crippen LogP contribution in [0.25, 0.3) is 0 Å². The molecule has 3 N–H and O–H groups in total. The summed E-state index contributed by atoms with van der Waals surface area (Å²) in [6.45, 7) is 0.443. The molecule has 0 unspecified atom stereocenters. The monoisotopic (exact) mass is 366 g/mol. The zero-order chi connectivity index (χ0) is 17.5. The Morgan fingerprint density at radius 2 is 1.68 bits per heavy atom. The number of ether oxygens (including phenoxy) is 3. The number of anilines is 1. The van der Waals surface area contributed by atoms with Crippen molar-refractivity contribution in [2.45, 2.75) is 6.42 Å². The summed E-state index contributed by atoms with van der Waals surface area (Å²) in [6.07, 6.45) is 0.585. The highest BCUT2D eigenvalue weighted by Gasteiger charge is 2.16. The normalized spacial score (nSPS) is 9.72. The number of nitrogens with one attached hydrogen (secondary N) is 1. The maximum Gasteiger partial charge on any atom is 0.253 e. The van der Waals surface area contributed by atoms with E-state index in [0.29, 0.717) is 41.5 Å². The number of benzene rings is 2. The third kappa shape index (κ3) is 4.70. The van der Waals surface area contributed by atoms with E-state index in [9.17, 15) is 4.79 Å². The first-order chi connectivity index (χ1) is 11.6. The highest BCUT2D eigenvalue weighted by molar-refractivity contribution is 5.99. The largest absolute Gasteiger partial charge is 0.493 e. The van der Waals surface area contributed by atoms with Crippen LogP contribution in [0.5, 0.6) is 17.2 Å². The molecule has 0 aliphatic rings. The summed E-state index contributed by atoms with van der Waals surface area (Å²) in [5.41, 5.74) is 7.65. The molecule has 0 spiro atoms. The van der Waals surface area contributed by atoms with Crippen LogP contribution < -0.4 is 25.3 Å². The van der Waals surface area contributed by atoms with Crippen molar-refractivity contribution >= 4 is 24.0 Å². The van der Waals surface area contributed by atoms with Crippen molar-refractivity contribution in [2.75, 3.05) is 33.6 Å². The Morgan fingerprint density at radius 1 is 1.00 bits per heavy atom. The van der Waals surface area contributed by atoms with Gasteiger partial charge < -0.3 is 25.3 Å². The van der Waals surface area contributed by atoms with Gasteiger partial charge in [-0.2, -0.15) is 0 Å². The number of hydrogen-bond donors (Lipinski definition) is 2. The van der Waals surface area contributed by atoms with Gasteiger partial charge in [-0.05, 0) is 24.6 Å².